The lowest BCUT2D eigenvalue weighted by atomic mass is 9.85. The molecule has 4 unspecified atom stereocenters. The molecule has 2 bridgehead atoms. The van der Waals surface area contributed by atoms with Crippen LogP contribution in [-0.2, 0) is 11.2 Å². The molecule has 24 heavy (non-hydrogen) atoms. The molecule has 0 aromatic carbocycles. The van der Waals surface area contributed by atoms with E-state index < -0.39 is 0 Å². The van der Waals surface area contributed by atoms with Gasteiger partial charge in [-0.1, -0.05) is 0 Å². The number of nitrogens with one attached hydrogen (secondary N) is 1. The van der Waals surface area contributed by atoms with Gasteiger partial charge in [-0.05, 0) is 49.5 Å². The van der Waals surface area contributed by atoms with E-state index in [1.165, 1.54) is 6.42 Å². The van der Waals surface area contributed by atoms with Crippen molar-refractivity contribution in [3.05, 3.63) is 28.3 Å². The number of amides is 1. The summed E-state index contributed by atoms with van der Waals surface area (Å²) in [7, 11) is 0. The van der Waals surface area contributed by atoms with Crippen molar-refractivity contribution in [1.29, 1.82) is 0 Å². The summed E-state index contributed by atoms with van der Waals surface area (Å²) in [5.41, 5.74) is 1.64. The number of aryl methyl sites for hydroxylation is 1. The minimum atomic E-state index is -0.0285. The number of thiophene rings is 1. The summed E-state index contributed by atoms with van der Waals surface area (Å²) in [5, 5.41) is 16.7. The molecule has 128 valence electrons. The number of aliphatic hydroxyl groups is 1. The lowest BCUT2D eigenvalue weighted by Crippen LogP contribution is -2.45. The van der Waals surface area contributed by atoms with Crippen LogP contribution >= 0.6 is 11.3 Å². The van der Waals surface area contributed by atoms with Crippen LogP contribution in [0.15, 0.2) is 21.2 Å². The molecule has 6 heteroatoms. The number of carbonyl (C=O) groups is 1. The van der Waals surface area contributed by atoms with Crippen LogP contribution in [0.3, 0.4) is 0 Å². The number of hydrogen-bond acceptors (Lipinski definition) is 5. The number of hydrogen-bond donors (Lipinski definition) is 2. The zero-order valence-corrected chi connectivity index (χ0v) is 14.5. The van der Waals surface area contributed by atoms with Gasteiger partial charge in [0.1, 0.15) is 5.76 Å². The number of aromatic nitrogens is 1. The first kappa shape index (κ1) is 15.8. The average molecular weight is 346 g/mol. The van der Waals surface area contributed by atoms with Crippen LogP contribution in [0.2, 0.25) is 0 Å². The quantitative estimate of drug-likeness (QED) is 0.873. The number of aliphatic hydroxyl groups excluding tert-OH is 1. The first-order valence-corrected chi connectivity index (χ1v) is 9.49. The molecule has 2 fully saturated rings. The van der Waals surface area contributed by atoms with Crippen molar-refractivity contribution in [1.82, 2.24) is 10.3 Å². The Hall–Kier alpha value is -1.66. The Morgan fingerprint density at radius 3 is 3.04 bits per heavy atom. The molecule has 0 aliphatic heterocycles. The number of fused-ring (bicyclic) bond motifs is 2. The standard InChI is InChI=1S/C18H22N2O3S/c1-10-15(19-18(23-10)13-4-5-24-9-13)7-16(22)20-17-12-3-2-11(6-12)14(17)8-21/h4-5,9,11-12,14,17,21H,2-3,6-8H2,1H3,(H,20,22). The monoisotopic (exact) mass is 346 g/mol. The number of oxazole rings is 1. The SMILES string of the molecule is Cc1oc(-c2ccsc2)nc1CC(=O)NC1C2CCC(C2)C1CO. The van der Waals surface area contributed by atoms with Gasteiger partial charge in [0.25, 0.3) is 0 Å². The highest BCUT2D eigenvalue weighted by molar-refractivity contribution is 7.08. The smallest absolute Gasteiger partial charge is 0.227 e. The van der Waals surface area contributed by atoms with Gasteiger partial charge in [0.15, 0.2) is 0 Å². The Morgan fingerprint density at radius 1 is 1.46 bits per heavy atom. The van der Waals surface area contributed by atoms with E-state index in [9.17, 15) is 9.90 Å². The summed E-state index contributed by atoms with van der Waals surface area (Å²) in [6.07, 6.45) is 3.72. The molecule has 2 heterocycles. The van der Waals surface area contributed by atoms with Crippen molar-refractivity contribution in [2.75, 3.05) is 6.61 Å². The van der Waals surface area contributed by atoms with Gasteiger partial charge in [0, 0.05) is 29.5 Å². The fraction of sp³-hybridized carbons (Fsp3) is 0.556. The Balaban J connectivity index is 1.43. The van der Waals surface area contributed by atoms with Crippen LogP contribution in [0, 0.1) is 24.7 Å². The Kier molecular flexibility index (Phi) is 4.18. The fourth-order valence-corrected chi connectivity index (χ4v) is 5.02. The highest BCUT2D eigenvalue weighted by Gasteiger charge is 2.47. The molecule has 5 nitrogen and oxygen atoms in total. The number of rotatable bonds is 5. The third-order valence-electron chi connectivity index (χ3n) is 5.62. The van der Waals surface area contributed by atoms with Gasteiger partial charge in [-0.2, -0.15) is 11.3 Å². The summed E-state index contributed by atoms with van der Waals surface area (Å²) < 4.78 is 5.70. The predicted molar refractivity (Wildman–Crippen MR) is 91.6 cm³/mol. The van der Waals surface area contributed by atoms with Crippen molar-refractivity contribution < 1.29 is 14.3 Å². The van der Waals surface area contributed by atoms with Gasteiger partial charge >= 0.3 is 0 Å². The van der Waals surface area contributed by atoms with E-state index in [1.807, 2.05) is 23.8 Å². The molecule has 1 amide bonds. The summed E-state index contributed by atoms with van der Waals surface area (Å²) in [4.78, 5) is 17.0. The summed E-state index contributed by atoms with van der Waals surface area (Å²) >= 11 is 1.59. The van der Waals surface area contributed by atoms with Crippen molar-refractivity contribution in [3.63, 3.8) is 0 Å². The fourth-order valence-electron chi connectivity index (χ4n) is 4.39. The molecular formula is C18H22N2O3S. The van der Waals surface area contributed by atoms with Crippen LogP contribution in [0.4, 0.5) is 0 Å². The first-order valence-electron chi connectivity index (χ1n) is 8.54. The molecule has 2 aromatic rings. The second-order valence-electron chi connectivity index (χ2n) is 6.98. The minimum Gasteiger partial charge on any atom is -0.441 e. The highest BCUT2D eigenvalue weighted by Crippen LogP contribution is 2.48. The lowest BCUT2D eigenvalue weighted by Gasteiger charge is -2.30. The van der Waals surface area contributed by atoms with Crippen LogP contribution in [-0.4, -0.2) is 28.6 Å². The minimum absolute atomic E-state index is 0.0285. The van der Waals surface area contributed by atoms with Gasteiger partial charge < -0.3 is 14.8 Å². The third kappa shape index (κ3) is 2.78. The van der Waals surface area contributed by atoms with Crippen molar-refractivity contribution >= 4 is 17.2 Å². The van der Waals surface area contributed by atoms with Gasteiger partial charge in [0.05, 0.1) is 12.1 Å². The molecule has 2 aliphatic carbocycles. The summed E-state index contributed by atoms with van der Waals surface area (Å²) in [6, 6.07) is 2.07. The second kappa shape index (κ2) is 6.33. The molecule has 2 saturated carbocycles. The van der Waals surface area contributed by atoms with Crippen LogP contribution < -0.4 is 5.32 Å². The predicted octanol–water partition coefficient (Wildman–Crippen LogP) is 2.78. The second-order valence-corrected chi connectivity index (χ2v) is 7.76. The average Bonchev–Trinajstić information content (AvgIpc) is 3.31. The third-order valence-corrected chi connectivity index (χ3v) is 6.30. The van der Waals surface area contributed by atoms with E-state index in [0.717, 1.165) is 18.4 Å². The Labute approximate surface area is 145 Å². The maximum Gasteiger partial charge on any atom is 0.227 e. The molecular weight excluding hydrogens is 324 g/mol. The summed E-state index contributed by atoms with van der Waals surface area (Å²) in [5.74, 6) is 2.55. The number of carbonyl (C=O) groups excluding carboxylic acids is 1. The van der Waals surface area contributed by atoms with Crippen molar-refractivity contribution in [2.24, 2.45) is 17.8 Å². The topological polar surface area (TPSA) is 75.4 Å². The Bertz CT molecular complexity index is 725. The van der Waals surface area contributed by atoms with Crippen LogP contribution in [0.1, 0.15) is 30.7 Å². The normalized spacial score (nSPS) is 28.4. The van der Waals surface area contributed by atoms with E-state index in [2.05, 4.69) is 10.3 Å². The van der Waals surface area contributed by atoms with Gasteiger partial charge in [-0.3, -0.25) is 4.79 Å². The molecule has 0 spiro atoms. The molecule has 0 saturated heterocycles. The van der Waals surface area contributed by atoms with Crippen LogP contribution in [0.25, 0.3) is 11.5 Å². The van der Waals surface area contributed by atoms with Gasteiger partial charge in [-0.25, -0.2) is 4.98 Å². The molecule has 0 radical (unpaired) electrons. The van der Waals surface area contributed by atoms with Crippen molar-refractivity contribution in [3.8, 4) is 11.5 Å². The van der Waals surface area contributed by atoms with E-state index in [0.29, 0.717) is 29.2 Å². The lowest BCUT2D eigenvalue weighted by molar-refractivity contribution is -0.122. The Morgan fingerprint density at radius 2 is 2.29 bits per heavy atom. The molecule has 2 aliphatic rings. The summed E-state index contributed by atoms with van der Waals surface area (Å²) in [6.45, 7) is 2.01. The van der Waals surface area contributed by atoms with E-state index >= 15 is 0 Å². The molecule has 4 rings (SSSR count). The largest absolute Gasteiger partial charge is 0.441 e. The van der Waals surface area contributed by atoms with Gasteiger partial charge in [0.2, 0.25) is 11.8 Å². The maximum absolute atomic E-state index is 12.5. The van der Waals surface area contributed by atoms with Crippen molar-refractivity contribution in [2.45, 2.75) is 38.6 Å². The van der Waals surface area contributed by atoms with Crippen LogP contribution in [0.5, 0.6) is 0 Å². The highest BCUT2D eigenvalue weighted by atomic mass is 32.1. The van der Waals surface area contributed by atoms with E-state index in [1.54, 1.807) is 11.3 Å². The van der Waals surface area contributed by atoms with E-state index in [-0.39, 0.29) is 30.9 Å². The molecule has 4 atom stereocenters. The van der Waals surface area contributed by atoms with Gasteiger partial charge in [-0.15, -0.1) is 0 Å². The zero-order valence-electron chi connectivity index (χ0n) is 13.7. The molecule has 2 N–H and O–H groups in total. The first-order chi connectivity index (χ1) is 11.7. The maximum atomic E-state index is 12.5. The zero-order chi connectivity index (χ0) is 16.7. The number of nitrogens with zero attached hydrogens (tertiary/aromatic N) is 1. The van der Waals surface area contributed by atoms with E-state index in [4.69, 9.17) is 4.42 Å². The molecule has 2 aromatic heterocycles.